The summed E-state index contributed by atoms with van der Waals surface area (Å²) < 4.78 is 5.22. The maximum Gasteiger partial charge on any atom is 0.241 e. The van der Waals surface area contributed by atoms with Crippen LogP contribution in [0.1, 0.15) is 20.3 Å². The van der Waals surface area contributed by atoms with Crippen molar-refractivity contribution in [3.63, 3.8) is 0 Å². The summed E-state index contributed by atoms with van der Waals surface area (Å²) >= 11 is 5.94. The van der Waals surface area contributed by atoms with Crippen molar-refractivity contribution in [2.75, 3.05) is 38.6 Å². The van der Waals surface area contributed by atoms with Crippen molar-refractivity contribution in [1.29, 1.82) is 0 Å². The summed E-state index contributed by atoms with van der Waals surface area (Å²) in [6, 6.07) is 5.23. The van der Waals surface area contributed by atoms with Gasteiger partial charge in [-0.15, -0.1) is 0 Å². The Bertz CT molecular complexity index is 533. The number of rotatable bonds is 9. The number of anilines is 1. The Morgan fingerprint density at radius 2 is 1.96 bits per heavy atom. The number of carbonyl (C=O) groups is 2. The van der Waals surface area contributed by atoms with Gasteiger partial charge in [0.1, 0.15) is 5.75 Å². The maximum absolute atomic E-state index is 11.8. The number of halogens is 1. The highest BCUT2D eigenvalue weighted by Crippen LogP contribution is 2.27. The van der Waals surface area contributed by atoms with E-state index in [0.29, 0.717) is 30.4 Å². The number of hydrogen-bond donors (Lipinski definition) is 2. The fourth-order valence-electron chi connectivity index (χ4n) is 2.08. The predicted octanol–water partition coefficient (Wildman–Crippen LogP) is 2.14. The number of nitrogens with one attached hydrogen (secondary N) is 2. The molecule has 0 bridgehead atoms. The zero-order valence-electron chi connectivity index (χ0n) is 13.8. The molecule has 0 aliphatic carbocycles. The van der Waals surface area contributed by atoms with Crippen LogP contribution in [0.15, 0.2) is 18.2 Å². The van der Waals surface area contributed by atoms with E-state index in [0.717, 1.165) is 5.69 Å². The third-order valence-electron chi connectivity index (χ3n) is 3.38. The van der Waals surface area contributed by atoms with Gasteiger partial charge in [0.15, 0.2) is 0 Å². The molecular weight excluding hydrogens is 318 g/mol. The second-order valence-corrected chi connectivity index (χ2v) is 5.30. The molecule has 1 rings (SSSR count). The number of methoxy groups -OCH3 is 1. The van der Waals surface area contributed by atoms with Gasteiger partial charge >= 0.3 is 0 Å². The Balaban J connectivity index is 2.37. The minimum atomic E-state index is -0.181. The minimum absolute atomic E-state index is 0.0288. The van der Waals surface area contributed by atoms with Crippen LogP contribution >= 0.6 is 11.6 Å². The Hall–Kier alpha value is -1.95. The van der Waals surface area contributed by atoms with E-state index in [-0.39, 0.29) is 24.8 Å². The fraction of sp³-hybridized carbons (Fsp3) is 0.500. The van der Waals surface area contributed by atoms with Crippen LogP contribution in [-0.4, -0.2) is 50.0 Å². The zero-order valence-corrected chi connectivity index (χ0v) is 14.6. The summed E-state index contributed by atoms with van der Waals surface area (Å²) in [5.74, 6) is 0.401. The van der Waals surface area contributed by atoms with Gasteiger partial charge in [-0.3, -0.25) is 9.59 Å². The van der Waals surface area contributed by atoms with E-state index in [4.69, 9.17) is 16.3 Å². The lowest BCUT2D eigenvalue weighted by Gasteiger charge is -2.18. The van der Waals surface area contributed by atoms with E-state index in [1.807, 2.05) is 13.8 Å². The molecule has 2 amide bonds. The van der Waals surface area contributed by atoms with Crippen molar-refractivity contribution < 1.29 is 14.3 Å². The Morgan fingerprint density at radius 1 is 1.26 bits per heavy atom. The van der Waals surface area contributed by atoms with Crippen molar-refractivity contribution >= 4 is 29.1 Å². The van der Waals surface area contributed by atoms with Gasteiger partial charge in [-0.05, 0) is 32.0 Å². The number of ether oxygens (including phenoxy) is 1. The van der Waals surface area contributed by atoms with Crippen LogP contribution in [0.25, 0.3) is 0 Å². The van der Waals surface area contributed by atoms with E-state index in [1.165, 1.54) is 0 Å². The molecule has 128 valence electrons. The molecule has 0 unspecified atom stereocenters. The molecule has 0 fully saturated rings. The standard InChI is InChI=1S/C16H24ClN3O3/c1-4-20(5-2)16(22)11-19-15(21)8-9-18-13-10-12(17)6-7-14(13)23-3/h6-7,10,18H,4-5,8-9,11H2,1-3H3,(H,19,21). The van der Waals surface area contributed by atoms with Crippen molar-refractivity contribution in [1.82, 2.24) is 10.2 Å². The molecule has 7 heteroatoms. The van der Waals surface area contributed by atoms with Crippen molar-refractivity contribution in [2.45, 2.75) is 20.3 Å². The lowest BCUT2D eigenvalue weighted by molar-refractivity contribution is -0.132. The van der Waals surface area contributed by atoms with E-state index in [1.54, 1.807) is 30.2 Å². The predicted molar refractivity (Wildman–Crippen MR) is 92.0 cm³/mol. The van der Waals surface area contributed by atoms with Gasteiger partial charge in [0, 0.05) is 31.1 Å². The summed E-state index contributed by atoms with van der Waals surface area (Å²) in [5, 5.41) is 6.32. The normalized spacial score (nSPS) is 10.1. The molecule has 0 radical (unpaired) electrons. The molecule has 0 saturated carbocycles. The number of carbonyl (C=O) groups excluding carboxylic acids is 2. The first-order valence-corrected chi connectivity index (χ1v) is 8.01. The molecule has 0 saturated heterocycles. The molecule has 2 N–H and O–H groups in total. The molecule has 0 aliphatic heterocycles. The second kappa shape index (κ2) is 9.94. The van der Waals surface area contributed by atoms with Crippen molar-refractivity contribution in [3.05, 3.63) is 23.2 Å². The summed E-state index contributed by atoms with van der Waals surface area (Å²) in [6.45, 7) is 5.54. The molecule has 6 nitrogen and oxygen atoms in total. The van der Waals surface area contributed by atoms with Gasteiger partial charge in [-0.1, -0.05) is 11.6 Å². The van der Waals surface area contributed by atoms with Gasteiger partial charge in [-0.25, -0.2) is 0 Å². The lowest BCUT2D eigenvalue weighted by atomic mass is 10.2. The molecule has 0 aliphatic rings. The molecule has 1 aromatic carbocycles. The minimum Gasteiger partial charge on any atom is -0.495 e. The first kappa shape index (κ1) is 19.1. The van der Waals surface area contributed by atoms with Crippen LogP contribution in [-0.2, 0) is 9.59 Å². The molecule has 0 atom stereocenters. The highest BCUT2D eigenvalue weighted by Gasteiger charge is 2.11. The Kier molecular flexibility index (Phi) is 8.26. The zero-order chi connectivity index (χ0) is 17.2. The smallest absolute Gasteiger partial charge is 0.241 e. The molecule has 0 aromatic heterocycles. The highest BCUT2D eigenvalue weighted by molar-refractivity contribution is 6.30. The summed E-state index contributed by atoms with van der Waals surface area (Å²) in [5.41, 5.74) is 0.729. The number of amides is 2. The molecule has 23 heavy (non-hydrogen) atoms. The highest BCUT2D eigenvalue weighted by atomic mass is 35.5. The number of nitrogens with zero attached hydrogens (tertiary/aromatic N) is 1. The maximum atomic E-state index is 11.8. The third-order valence-corrected chi connectivity index (χ3v) is 3.62. The van der Waals surface area contributed by atoms with E-state index in [2.05, 4.69) is 10.6 Å². The van der Waals surface area contributed by atoms with Gasteiger partial charge in [0.05, 0.1) is 19.3 Å². The lowest BCUT2D eigenvalue weighted by Crippen LogP contribution is -2.40. The average Bonchev–Trinajstić information content (AvgIpc) is 2.54. The quantitative estimate of drug-likeness (QED) is 0.722. The van der Waals surface area contributed by atoms with Gasteiger partial charge in [0.25, 0.3) is 0 Å². The van der Waals surface area contributed by atoms with Crippen molar-refractivity contribution in [3.8, 4) is 5.75 Å². The monoisotopic (exact) mass is 341 g/mol. The third kappa shape index (κ3) is 6.36. The van der Waals surface area contributed by atoms with Crippen LogP contribution < -0.4 is 15.4 Å². The summed E-state index contributed by atoms with van der Waals surface area (Å²) in [7, 11) is 1.57. The Morgan fingerprint density at radius 3 is 2.57 bits per heavy atom. The molecular formula is C16H24ClN3O3. The average molecular weight is 342 g/mol. The number of likely N-dealkylation sites (N-methyl/N-ethyl adjacent to an activating group) is 1. The fourth-order valence-corrected chi connectivity index (χ4v) is 2.25. The van der Waals surface area contributed by atoms with Crippen LogP contribution in [0.4, 0.5) is 5.69 Å². The van der Waals surface area contributed by atoms with Gasteiger partial charge in [-0.2, -0.15) is 0 Å². The SMILES string of the molecule is CCN(CC)C(=O)CNC(=O)CCNc1cc(Cl)ccc1OC. The summed E-state index contributed by atoms with van der Waals surface area (Å²) in [6.07, 6.45) is 0.251. The molecule has 1 aromatic rings. The van der Waals surface area contributed by atoms with Crippen LogP contribution in [0.3, 0.4) is 0 Å². The second-order valence-electron chi connectivity index (χ2n) is 4.86. The van der Waals surface area contributed by atoms with Crippen LogP contribution in [0, 0.1) is 0 Å². The van der Waals surface area contributed by atoms with Crippen molar-refractivity contribution in [2.24, 2.45) is 0 Å². The van der Waals surface area contributed by atoms with Gasteiger partial charge in [0.2, 0.25) is 11.8 Å². The van der Waals surface area contributed by atoms with Crippen LogP contribution in [0.2, 0.25) is 5.02 Å². The summed E-state index contributed by atoms with van der Waals surface area (Å²) in [4.78, 5) is 25.2. The van der Waals surface area contributed by atoms with E-state index < -0.39 is 0 Å². The topological polar surface area (TPSA) is 70.7 Å². The van der Waals surface area contributed by atoms with E-state index in [9.17, 15) is 9.59 Å². The first-order valence-electron chi connectivity index (χ1n) is 7.63. The largest absolute Gasteiger partial charge is 0.495 e. The van der Waals surface area contributed by atoms with Gasteiger partial charge < -0.3 is 20.3 Å². The molecule has 0 spiro atoms. The Labute approximate surface area is 142 Å². The molecule has 0 heterocycles. The first-order chi connectivity index (χ1) is 11.0. The van der Waals surface area contributed by atoms with Crippen LogP contribution in [0.5, 0.6) is 5.75 Å². The van der Waals surface area contributed by atoms with E-state index >= 15 is 0 Å². The number of hydrogen-bond acceptors (Lipinski definition) is 4. The number of benzene rings is 1.